The highest BCUT2D eigenvalue weighted by atomic mass is 79.9. The van der Waals surface area contributed by atoms with Gasteiger partial charge in [0.05, 0.1) is 0 Å². The molecule has 7 heteroatoms. The fourth-order valence-electron chi connectivity index (χ4n) is 1.86. The van der Waals surface area contributed by atoms with E-state index >= 15 is 0 Å². The monoisotopic (exact) mass is 381 g/mol. The molecule has 1 aromatic heterocycles. The van der Waals surface area contributed by atoms with Gasteiger partial charge in [-0.1, -0.05) is 39.7 Å². The van der Waals surface area contributed by atoms with Crippen LogP contribution in [-0.2, 0) is 11.2 Å². The lowest BCUT2D eigenvalue weighted by molar-refractivity contribution is -0.119. The Hall–Kier alpha value is -1.92. The zero-order valence-electron chi connectivity index (χ0n) is 11.4. The molecule has 5 nitrogen and oxygen atoms in total. The molecular weight excluding hydrogens is 370 g/mol. The number of carbonyl (C=O) groups is 2. The number of hydrogen-bond donors (Lipinski definition) is 2. The molecule has 0 unspecified atom stereocenters. The van der Waals surface area contributed by atoms with Crippen molar-refractivity contribution in [1.29, 1.82) is 0 Å². The molecule has 0 aliphatic heterocycles. The summed E-state index contributed by atoms with van der Waals surface area (Å²) in [5, 5.41) is 2.99. The van der Waals surface area contributed by atoms with Gasteiger partial charge in [0.25, 0.3) is 5.91 Å². The lowest BCUT2D eigenvalue weighted by atomic mass is 10.1. The van der Waals surface area contributed by atoms with Crippen molar-refractivity contribution >= 4 is 39.3 Å². The molecule has 22 heavy (non-hydrogen) atoms. The summed E-state index contributed by atoms with van der Waals surface area (Å²) in [6.45, 7) is 0. The molecule has 3 N–H and O–H groups in total. The second-order valence-electron chi connectivity index (χ2n) is 4.63. The van der Waals surface area contributed by atoms with Crippen molar-refractivity contribution in [2.45, 2.75) is 12.5 Å². The van der Waals surface area contributed by atoms with Crippen molar-refractivity contribution in [2.24, 2.45) is 5.73 Å². The van der Waals surface area contributed by atoms with Gasteiger partial charge in [-0.2, -0.15) is 0 Å². The van der Waals surface area contributed by atoms with Crippen LogP contribution in [0.2, 0.25) is 5.15 Å². The van der Waals surface area contributed by atoms with Crippen LogP contribution in [0.4, 0.5) is 0 Å². The van der Waals surface area contributed by atoms with E-state index in [9.17, 15) is 9.59 Å². The Labute approximate surface area is 141 Å². The quantitative estimate of drug-likeness (QED) is 0.778. The summed E-state index contributed by atoms with van der Waals surface area (Å²) < 4.78 is 0.776. The largest absolute Gasteiger partial charge is 0.368 e. The standard InChI is InChI=1S/C15H13BrClN3O2/c16-11-3-1-2-10(7-11)15(22)20-12(14(18)21)6-9-4-5-13(17)19-8-9/h1-5,7-8,12H,6H2,(H2,18,21)(H,20,22)/t12-/m1/s1. The molecule has 0 radical (unpaired) electrons. The smallest absolute Gasteiger partial charge is 0.251 e. The van der Waals surface area contributed by atoms with E-state index < -0.39 is 11.9 Å². The number of aromatic nitrogens is 1. The van der Waals surface area contributed by atoms with Gasteiger partial charge in [0.15, 0.2) is 0 Å². The Bertz CT molecular complexity index is 691. The van der Waals surface area contributed by atoms with E-state index in [4.69, 9.17) is 17.3 Å². The molecule has 1 heterocycles. The molecule has 2 rings (SSSR count). The van der Waals surface area contributed by atoms with Crippen molar-refractivity contribution in [2.75, 3.05) is 0 Å². The van der Waals surface area contributed by atoms with E-state index in [0.29, 0.717) is 10.7 Å². The topological polar surface area (TPSA) is 85.1 Å². The molecule has 0 saturated heterocycles. The number of rotatable bonds is 5. The third kappa shape index (κ3) is 4.54. The molecule has 114 valence electrons. The van der Waals surface area contributed by atoms with Crippen molar-refractivity contribution in [3.8, 4) is 0 Å². The molecule has 2 aromatic rings. The molecule has 0 aliphatic rings. The normalized spacial score (nSPS) is 11.7. The molecule has 0 saturated carbocycles. The average molecular weight is 383 g/mol. The highest BCUT2D eigenvalue weighted by Gasteiger charge is 2.19. The highest BCUT2D eigenvalue weighted by Crippen LogP contribution is 2.12. The number of carbonyl (C=O) groups excluding carboxylic acids is 2. The van der Waals surface area contributed by atoms with Crippen molar-refractivity contribution in [3.63, 3.8) is 0 Å². The Morgan fingerprint density at radius 1 is 1.32 bits per heavy atom. The summed E-state index contributed by atoms with van der Waals surface area (Å²) in [6.07, 6.45) is 1.79. The minimum Gasteiger partial charge on any atom is -0.368 e. The van der Waals surface area contributed by atoms with Crippen LogP contribution in [0.25, 0.3) is 0 Å². The molecule has 0 fully saturated rings. The fraction of sp³-hybridized carbons (Fsp3) is 0.133. The first-order valence-electron chi connectivity index (χ1n) is 6.42. The predicted octanol–water partition coefficient (Wildman–Crippen LogP) is 2.32. The number of benzene rings is 1. The minimum absolute atomic E-state index is 0.249. The summed E-state index contributed by atoms with van der Waals surface area (Å²) in [5.74, 6) is -0.981. The first-order valence-corrected chi connectivity index (χ1v) is 7.59. The van der Waals surface area contributed by atoms with Crippen LogP contribution in [-0.4, -0.2) is 22.8 Å². The lowest BCUT2D eigenvalue weighted by Gasteiger charge is -2.15. The van der Waals surface area contributed by atoms with Gasteiger partial charge < -0.3 is 11.1 Å². The van der Waals surface area contributed by atoms with Crippen LogP contribution >= 0.6 is 27.5 Å². The van der Waals surface area contributed by atoms with Gasteiger partial charge in [0, 0.05) is 22.7 Å². The van der Waals surface area contributed by atoms with E-state index in [1.165, 1.54) is 0 Å². The molecular formula is C15H13BrClN3O2. The fourth-order valence-corrected chi connectivity index (χ4v) is 2.37. The predicted molar refractivity (Wildman–Crippen MR) is 87.5 cm³/mol. The van der Waals surface area contributed by atoms with Gasteiger partial charge >= 0.3 is 0 Å². The molecule has 0 aliphatic carbocycles. The van der Waals surface area contributed by atoms with Gasteiger partial charge in [-0.05, 0) is 29.8 Å². The Balaban J connectivity index is 2.10. The highest BCUT2D eigenvalue weighted by molar-refractivity contribution is 9.10. The average Bonchev–Trinajstić information content (AvgIpc) is 2.48. The first-order chi connectivity index (χ1) is 10.5. The zero-order valence-corrected chi connectivity index (χ0v) is 13.8. The van der Waals surface area contributed by atoms with Crippen LogP contribution in [0.1, 0.15) is 15.9 Å². The maximum atomic E-state index is 12.2. The summed E-state index contributed by atoms with van der Waals surface area (Å²) >= 11 is 9.01. The number of halogens is 2. The Kier molecular flexibility index (Phi) is 5.51. The number of primary amides is 1. The van der Waals surface area contributed by atoms with E-state index in [2.05, 4.69) is 26.2 Å². The van der Waals surface area contributed by atoms with Crippen LogP contribution < -0.4 is 11.1 Å². The molecule has 0 spiro atoms. The Morgan fingerprint density at radius 2 is 2.09 bits per heavy atom. The summed E-state index contributed by atoms with van der Waals surface area (Å²) in [7, 11) is 0. The first kappa shape index (κ1) is 16.5. The van der Waals surface area contributed by atoms with Crippen molar-refractivity contribution < 1.29 is 9.59 Å². The second-order valence-corrected chi connectivity index (χ2v) is 5.93. The summed E-state index contributed by atoms with van der Waals surface area (Å²) in [5.41, 5.74) is 6.55. The van der Waals surface area contributed by atoms with Gasteiger partial charge in [-0.3, -0.25) is 9.59 Å². The van der Waals surface area contributed by atoms with E-state index in [1.54, 1.807) is 36.5 Å². The van der Waals surface area contributed by atoms with Gasteiger partial charge in [-0.25, -0.2) is 4.98 Å². The van der Waals surface area contributed by atoms with Gasteiger partial charge in [0.1, 0.15) is 11.2 Å². The lowest BCUT2D eigenvalue weighted by Crippen LogP contribution is -2.45. The second kappa shape index (κ2) is 7.38. The number of nitrogens with zero attached hydrogens (tertiary/aromatic N) is 1. The third-order valence-electron chi connectivity index (χ3n) is 2.96. The minimum atomic E-state index is -0.825. The number of nitrogens with one attached hydrogen (secondary N) is 1. The number of amides is 2. The van der Waals surface area contributed by atoms with Crippen molar-refractivity contribution in [3.05, 3.63) is 63.3 Å². The molecule has 1 atom stereocenters. The van der Waals surface area contributed by atoms with E-state index in [-0.39, 0.29) is 12.3 Å². The van der Waals surface area contributed by atoms with Crippen LogP contribution in [0.3, 0.4) is 0 Å². The van der Waals surface area contributed by atoms with Crippen LogP contribution in [0.15, 0.2) is 47.1 Å². The number of hydrogen-bond acceptors (Lipinski definition) is 3. The van der Waals surface area contributed by atoms with E-state index in [1.807, 2.05) is 6.07 Å². The van der Waals surface area contributed by atoms with Crippen molar-refractivity contribution in [1.82, 2.24) is 10.3 Å². The maximum absolute atomic E-state index is 12.2. The molecule has 1 aromatic carbocycles. The van der Waals surface area contributed by atoms with Gasteiger partial charge in [0.2, 0.25) is 5.91 Å². The van der Waals surface area contributed by atoms with Crippen LogP contribution in [0.5, 0.6) is 0 Å². The summed E-state index contributed by atoms with van der Waals surface area (Å²) in [6, 6.07) is 9.39. The SMILES string of the molecule is NC(=O)[C@@H](Cc1ccc(Cl)nc1)NC(=O)c1cccc(Br)c1. The maximum Gasteiger partial charge on any atom is 0.251 e. The number of nitrogens with two attached hydrogens (primary N) is 1. The van der Waals surface area contributed by atoms with Gasteiger partial charge in [-0.15, -0.1) is 0 Å². The van der Waals surface area contributed by atoms with E-state index in [0.717, 1.165) is 10.0 Å². The van der Waals surface area contributed by atoms with Crippen LogP contribution in [0, 0.1) is 0 Å². The Morgan fingerprint density at radius 3 is 2.68 bits per heavy atom. The molecule has 0 bridgehead atoms. The third-order valence-corrected chi connectivity index (χ3v) is 3.68. The molecule has 2 amide bonds. The zero-order chi connectivity index (χ0) is 16.1. The number of pyridine rings is 1. The summed E-state index contributed by atoms with van der Waals surface area (Å²) in [4.78, 5) is 27.7.